The van der Waals surface area contributed by atoms with Crippen molar-refractivity contribution in [3.63, 3.8) is 0 Å². The number of nitrogens with one attached hydrogen (secondary N) is 2. The van der Waals surface area contributed by atoms with E-state index in [1.807, 2.05) is 44.3 Å². The normalized spacial score (nSPS) is 11.9. The number of hydrogen-bond acceptors (Lipinski definition) is 3. The Morgan fingerprint density at radius 2 is 2.05 bits per heavy atom. The number of hydrogen-bond donors (Lipinski definition) is 2. The van der Waals surface area contributed by atoms with Gasteiger partial charge in [0.25, 0.3) is 0 Å². The van der Waals surface area contributed by atoms with Gasteiger partial charge in [0.1, 0.15) is 11.3 Å². The van der Waals surface area contributed by atoms with Gasteiger partial charge in [-0.05, 0) is 39.1 Å². The second kappa shape index (κ2) is 7.92. The van der Waals surface area contributed by atoms with Crippen LogP contribution >= 0.6 is 12.4 Å². The first-order valence-corrected chi connectivity index (χ1v) is 6.63. The van der Waals surface area contributed by atoms with Gasteiger partial charge in [0, 0.05) is 11.9 Å². The van der Waals surface area contributed by atoms with Crippen molar-refractivity contribution in [1.29, 1.82) is 0 Å². The van der Waals surface area contributed by atoms with Gasteiger partial charge >= 0.3 is 0 Å². The molecule has 5 heteroatoms. The van der Waals surface area contributed by atoms with Gasteiger partial charge in [-0.3, -0.25) is 4.79 Å². The van der Waals surface area contributed by atoms with Gasteiger partial charge in [-0.15, -0.1) is 12.4 Å². The van der Waals surface area contributed by atoms with Crippen LogP contribution in [-0.2, 0) is 4.79 Å². The summed E-state index contributed by atoms with van der Waals surface area (Å²) in [4.78, 5) is 12.0. The van der Waals surface area contributed by atoms with E-state index >= 15 is 0 Å². The lowest BCUT2D eigenvalue weighted by molar-refractivity contribution is -0.122. The molecule has 1 amide bonds. The maximum Gasteiger partial charge on any atom is 0.230 e. The molecule has 0 aliphatic heterocycles. The Balaban J connectivity index is 0.00000200. The third-order valence-electron chi connectivity index (χ3n) is 3.17. The van der Waals surface area contributed by atoms with Crippen LogP contribution in [0.5, 0.6) is 0 Å². The molecule has 0 saturated carbocycles. The monoisotopic (exact) mass is 296 g/mol. The van der Waals surface area contributed by atoms with Gasteiger partial charge in [-0.1, -0.05) is 18.2 Å². The van der Waals surface area contributed by atoms with Crippen molar-refractivity contribution in [3.8, 4) is 0 Å². The first kappa shape index (κ1) is 16.5. The highest BCUT2D eigenvalue weighted by atomic mass is 35.5. The van der Waals surface area contributed by atoms with E-state index in [2.05, 4.69) is 10.6 Å². The molecule has 2 aromatic rings. The smallest absolute Gasteiger partial charge is 0.230 e. The molecule has 1 aromatic heterocycles. The summed E-state index contributed by atoms with van der Waals surface area (Å²) in [6, 6.07) is 9.73. The van der Waals surface area contributed by atoms with E-state index in [-0.39, 0.29) is 24.2 Å². The van der Waals surface area contributed by atoms with E-state index in [1.54, 1.807) is 0 Å². The van der Waals surface area contributed by atoms with Crippen molar-refractivity contribution in [2.75, 3.05) is 20.1 Å². The van der Waals surface area contributed by atoms with Crippen LogP contribution in [0.1, 0.15) is 25.0 Å². The van der Waals surface area contributed by atoms with Gasteiger partial charge in [0.2, 0.25) is 5.91 Å². The highest BCUT2D eigenvalue weighted by Gasteiger charge is 2.18. The third kappa shape index (κ3) is 3.99. The zero-order valence-corrected chi connectivity index (χ0v) is 12.6. The van der Waals surface area contributed by atoms with E-state index in [4.69, 9.17) is 4.42 Å². The Bertz CT molecular complexity index is 521. The number of carbonyl (C=O) groups excluding carboxylic acids is 1. The van der Waals surface area contributed by atoms with E-state index in [9.17, 15) is 4.79 Å². The van der Waals surface area contributed by atoms with Gasteiger partial charge < -0.3 is 15.1 Å². The lowest BCUT2D eigenvalue weighted by atomic mass is 10.1. The number of rotatable bonds is 6. The highest BCUT2D eigenvalue weighted by molar-refractivity contribution is 5.85. The van der Waals surface area contributed by atoms with Crippen molar-refractivity contribution >= 4 is 29.3 Å². The molecule has 4 nitrogen and oxygen atoms in total. The lowest BCUT2D eigenvalue weighted by Crippen LogP contribution is -2.30. The van der Waals surface area contributed by atoms with E-state index in [0.717, 1.165) is 23.9 Å². The molecule has 0 saturated heterocycles. The van der Waals surface area contributed by atoms with Gasteiger partial charge in [0.05, 0.1) is 5.92 Å². The summed E-state index contributed by atoms with van der Waals surface area (Å²) in [5.41, 5.74) is 0.826. The zero-order chi connectivity index (χ0) is 13.7. The maximum absolute atomic E-state index is 12.0. The Morgan fingerprint density at radius 1 is 1.30 bits per heavy atom. The molecule has 0 fully saturated rings. The fourth-order valence-electron chi connectivity index (χ4n) is 1.97. The summed E-state index contributed by atoms with van der Waals surface area (Å²) >= 11 is 0. The van der Waals surface area contributed by atoms with Crippen LogP contribution in [0, 0.1) is 0 Å². The SMILES string of the molecule is CNCCCNC(=O)C(C)c1cc2ccccc2o1.Cl. The quantitative estimate of drug-likeness (QED) is 0.806. The lowest BCUT2D eigenvalue weighted by Gasteiger charge is -2.09. The molecule has 20 heavy (non-hydrogen) atoms. The van der Waals surface area contributed by atoms with Crippen molar-refractivity contribution in [3.05, 3.63) is 36.1 Å². The summed E-state index contributed by atoms with van der Waals surface area (Å²) in [5.74, 6) is 0.462. The highest BCUT2D eigenvalue weighted by Crippen LogP contribution is 2.24. The van der Waals surface area contributed by atoms with Gasteiger partial charge in [-0.2, -0.15) is 0 Å². The van der Waals surface area contributed by atoms with Gasteiger partial charge in [-0.25, -0.2) is 0 Å². The molecular weight excluding hydrogens is 276 g/mol. The number of amides is 1. The van der Waals surface area contributed by atoms with Crippen LogP contribution < -0.4 is 10.6 Å². The fraction of sp³-hybridized carbons (Fsp3) is 0.400. The molecule has 0 spiro atoms. The van der Waals surface area contributed by atoms with Crippen molar-refractivity contribution in [2.24, 2.45) is 0 Å². The van der Waals surface area contributed by atoms with Crippen molar-refractivity contribution in [2.45, 2.75) is 19.3 Å². The predicted molar refractivity (Wildman–Crippen MR) is 83.4 cm³/mol. The minimum atomic E-state index is -0.262. The number of carbonyl (C=O) groups is 1. The molecule has 1 heterocycles. The Morgan fingerprint density at radius 3 is 2.75 bits per heavy atom. The van der Waals surface area contributed by atoms with E-state index in [0.29, 0.717) is 12.3 Å². The maximum atomic E-state index is 12.0. The zero-order valence-electron chi connectivity index (χ0n) is 11.8. The molecular formula is C15H21ClN2O2. The Kier molecular flexibility index (Phi) is 6.55. The average molecular weight is 297 g/mol. The second-order valence-corrected chi connectivity index (χ2v) is 4.66. The number of benzene rings is 1. The molecule has 0 aliphatic carbocycles. The molecule has 1 atom stereocenters. The number of halogens is 1. The molecule has 1 unspecified atom stereocenters. The number of furan rings is 1. The molecule has 1 aromatic carbocycles. The molecule has 0 aliphatic rings. The summed E-state index contributed by atoms with van der Waals surface area (Å²) in [7, 11) is 1.90. The fourth-order valence-corrected chi connectivity index (χ4v) is 1.97. The van der Waals surface area contributed by atoms with Crippen molar-refractivity contribution < 1.29 is 9.21 Å². The van der Waals surface area contributed by atoms with Crippen molar-refractivity contribution in [1.82, 2.24) is 10.6 Å². The molecule has 0 radical (unpaired) electrons. The van der Waals surface area contributed by atoms with E-state index in [1.165, 1.54) is 0 Å². The molecule has 2 N–H and O–H groups in total. The largest absolute Gasteiger partial charge is 0.460 e. The van der Waals surface area contributed by atoms with Crippen LogP contribution in [0.3, 0.4) is 0 Å². The predicted octanol–water partition coefficient (Wildman–Crippen LogP) is 2.68. The number of fused-ring (bicyclic) bond motifs is 1. The van der Waals surface area contributed by atoms with E-state index < -0.39 is 0 Å². The summed E-state index contributed by atoms with van der Waals surface area (Å²) in [6.07, 6.45) is 0.926. The Hall–Kier alpha value is -1.52. The minimum Gasteiger partial charge on any atom is -0.460 e. The van der Waals surface area contributed by atoms with Crippen LogP contribution in [0.4, 0.5) is 0 Å². The summed E-state index contributed by atoms with van der Waals surface area (Å²) in [6.45, 7) is 3.45. The molecule has 2 rings (SSSR count). The van der Waals surface area contributed by atoms with Crippen LogP contribution in [-0.4, -0.2) is 26.0 Å². The standard InChI is InChI=1S/C15H20N2O2.ClH/c1-11(15(18)17-9-5-8-16-2)14-10-12-6-3-4-7-13(12)19-14;/h3-4,6-7,10-11,16H,5,8-9H2,1-2H3,(H,17,18);1H. The average Bonchev–Trinajstić information content (AvgIpc) is 2.86. The summed E-state index contributed by atoms with van der Waals surface area (Å²) in [5, 5.41) is 7.01. The van der Waals surface area contributed by atoms with Crippen LogP contribution in [0.2, 0.25) is 0 Å². The van der Waals surface area contributed by atoms with Crippen LogP contribution in [0.15, 0.2) is 34.7 Å². The first-order valence-electron chi connectivity index (χ1n) is 6.63. The van der Waals surface area contributed by atoms with Gasteiger partial charge in [0.15, 0.2) is 0 Å². The van der Waals surface area contributed by atoms with Crippen LogP contribution in [0.25, 0.3) is 11.0 Å². The molecule has 0 bridgehead atoms. The Labute approximate surface area is 125 Å². The molecule has 110 valence electrons. The topological polar surface area (TPSA) is 54.3 Å². The third-order valence-corrected chi connectivity index (χ3v) is 3.17. The minimum absolute atomic E-state index is 0. The number of para-hydroxylation sites is 1. The summed E-state index contributed by atoms with van der Waals surface area (Å²) < 4.78 is 5.71. The first-order chi connectivity index (χ1) is 9.22. The second-order valence-electron chi connectivity index (χ2n) is 4.66.